The topological polar surface area (TPSA) is 40.7 Å². The van der Waals surface area contributed by atoms with Crippen LogP contribution in [0.2, 0.25) is 0 Å². The molecule has 0 saturated carbocycles. The third kappa shape index (κ3) is 2.61. The molecule has 1 aromatic heterocycles. The molecular formula is C16H20FN3. The van der Waals surface area contributed by atoms with Gasteiger partial charge in [-0.15, -0.1) is 0 Å². The highest BCUT2D eigenvalue weighted by atomic mass is 19.1. The number of benzene rings is 1. The highest BCUT2D eigenvalue weighted by Crippen LogP contribution is 2.30. The van der Waals surface area contributed by atoms with Gasteiger partial charge in [-0.05, 0) is 56.4 Å². The number of fused-ring (bicyclic) bond motifs is 1. The summed E-state index contributed by atoms with van der Waals surface area (Å²) >= 11 is 0. The van der Waals surface area contributed by atoms with Crippen molar-refractivity contribution in [2.45, 2.75) is 45.7 Å². The first-order valence-electron chi connectivity index (χ1n) is 7.17. The molecular weight excluding hydrogens is 253 g/mol. The predicted molar refractivity (Wildman–Crippen MR) is 77.0 cm³/mol. The molecule has 1 heterocycles. The number of aromatic nitrogens is 2. The zero-order valence-corrected chi connectivity index (χ0v) is 12.0. The quantitative estimate of drug-likeness (QED) is 0.900. The van der Waals surface area contributed by atoms with E-state index in [0.717, 1.165) is 42.0 Å². The molecule has 4 heteroatoms. The molecule has 0 fully saturated rings. The van der Waals surface area contributed by atoms with Crippen molar-refractivity contribution < 1.29 is 4.39 Å². The standard InChI is InChI=1S/C16H20FN3/c1-10-11(2)20-16(19-10)9-18-15-5-3-4-12-6-7-13(17)8-14(12)15/h6-8,15,18H,3-5,9H2,1-2H3,(H,19,20)/t15-/m0/s1. The number of hydrogen-bond donors (Lipinski definition) is 2. The van der Waals surface area contributed by atoms with Crippen molar-refractivity contribution in [1.82, 2.24) is 15.3 Å². The molecule has 2 aromatic rings. The number of nitrogens with zero attached hydrogens (tertiary/aromatic N) is 1. The van der Waals surface area contributed by atoms with Crippen LogP contribution in [-0.4, -0.2) is 9.97 Å². The van der Waals surface area contributed by atoms with E-state index in [1.54, 1.807) is 12.1 Å². The number of aromatic amines is 1. The molecule has 1 atom stereocenters. The minimum absolute atomic E-state index is 0.151. The van der Waals surface area contributed by atoms with E-state index in [4.69, 9.17) is 0 Å². The Labute approximate surface area is 118 Å². The maximum Gasteiger partial charge on any atom is 0.123 e. The third-order valence-corrected chi connectivity index (χ3v) is 4.12. The van der Waals surface area contributed by atoms with Crippen molar-refractivity contribution >= 4 is 0 Å². The molecule has 1 aromatic carbocycles. The van der Waals surface area contributed by atoms with Crippen LogP contribution in [0.1, 0.15) is 47.2 Å². The number of rotatable bonds is 3. The second-order valence-corrected chi connectivity index (χ2v) is 5.56. The molecule has 0 aliphatic heterocycles. The number of aryl methyl sites for hydroxylation is 3. The Balaban J connectivity index is 1.74. The first-order chi connectivity index (χ1) is 9.63. The molecule has 1 aliphatic rings. The lowest BCUT2D eigenvalue weighted by atomic mass is 9.87. The molecule has 0 amide bonds. The van der Waals surface area contributed by atoms with Gasteiger partial charge in [0.1, 0.15) is 11.6 Å². The molecule has 3 nitrogen and oxygen atoms in total. The van der Waals surface area contributed by atoms with Crippen molar-refractivity contribution in [3.05, 3.63) is 52.4 Å². The predicted octanol–water partition coefficient (Wildman–Crippen LogP) is 3.33. The molecule has 1 aliphatic carbocycles. The van der Waals surface area contributed by atoms with Gasteiger partial charge >= 0.3 is 0 Å². The van der Waals surface area contributed by atoms with Crippen molar-refractivity contribution in [3.8, 4) is 0 Å². The van der Waals surface area contributed by atoms with Crippen LogP contribution in [-0.2, 0) is 13.0 Å². The van der Waals surface area contributed by atoms with E-state index < -0.39 is 0 Å². The maximum atomic E-state index is 13.4. The van der Waals surface area contributed by atoms with Gasteiger partial charge in [0, 0.05) is 11.7 Å². The lowest BCUT2D eigenvalue weighted by Gasteiger charge is -2.26. The number of hydrogen-bond acceptors (Lipinski definition) is 2. The maximum absolute atomic E-state index is 13.4. The molecule has 20 heavy (non-hydrogen) atoms. The summed E-state index contributed by atoms with van der Waals surface area (Å²) in [6.45, 7) is 4.72. The molecule has 3 rings (SSSR count). The average Bonchev–Trinajstić information content (AvgIpc) is 2.75. The van der Waals surface area contributed by atoms with Gasteiger partial charge in [0.25, 0.3) is 0 Å². The third-order valence-electron chi connectivity index (χ3n) is 4.12. The van der Waals surface area contributed by atoms with Gasteiger partial charge in [-0.2, -0.15) is 0 Å². The van der Waals surface area contributed by atoms with Crippen molar-refractivity contribution in [2.24, 2.45) is 0 Å². The van der Waals surface area contributed by atoms with Crippen molar-refractivity contribution in [3.63, 3.8) is 0 Å². The zero-order valence-electron chi connectivity index (χ0n) is 12.0. The summed E-state index contributed by atoms with van der Waals surface area (Å²) < 4.78 is 13.4. The normalized spacial score (nSPS) is 18.1. The monoisotopic (exact) mass is 273 g/mol. The van der Waals surface area contributed by atoms with Gasteiger partial charge in [0.15, 0.2) is 0 Å². The molecule has 2 N–H and O–H groups in total. The molecule has 106 valence electrons. The van der Waals surface area contributed by atoms with Gasteiger partial charge in [0.05, 0.1) is 12.2 Å². The van der Waals surface area contributed by atoms with E-state index in [2.05, 4.69) is 15.3 Å². The minimum Gasteiger partial charge on any atom is -0.345 e. The second kappa shape index (κ2) is 5.37. The average molecular weight is 273 g/mol. The van der Waals surface area contributed by atoms with E-state index in [-0.39, 0.29) is 11.9 Å². The fraction of sp³-hybridized carbons (Fsp3) is 0.438. The van der Waals surface area contributed by atoms with Crippen LogP contribution in [0.25, 0.3) is 0 Å². The SMILES string of the molecule is Cc1nc(CN[C@H]2CCCc3ccc(F)cc32)[nH]c1C. The molecule has 0 radical (unpaired) electrons. The van der Waals surface area contributed by atoms with E-state index in [1.165, 1.54) is 5.56 Å². The summed E-state index contributed by atoms with van der Waals surface area (Å²) in [5.41, 5.74) is 4.52. The van der Waals surface area contributed by atoms with Gasteiger partial charge in [-0.25, -0.2) is 9.37 Å². The minimum atomic E-state index is -0.151. The van der Waals surface area contributed by atoms with E-state index in [0.29, 0.717) is 6.54 Å². The summed E-state index contributed by atoms with van der Waals surface area (Å²) in [7, 11) is 0. The van der Waals surface area contributed by atoms with Crippen LogP contribution in [0.3, 0.4) is 0 Å². The van der Waals surface area contributed by atoms with Crippen LogP contribution < -0.4 is 5.32 Å². The van der Waals surface area contributed by atoms with Gasteiger partial charge in [-0.3, -0.25) is 0 Å². The molecule has 0 bridgehead atoms. The van der Waals surface area contributed by atoms with Crippen LogP contribution in [0.15, 0.2) is 18.2 Å². The van der Waals surface area contributed by atoms with Crippen LogP contribution in [0, 0.1) is 19.7 Å². The number of nitrogens with one attached hydrogen (secondary N) is 2. The van der Waals surface area contributed by atoms with Crippen LogP contribution in [0.4, 0.5) is 4.39 Å². The summed E-state index contributed by atoms with van der Waals surface area (Å²) in [5, 5.41) is 3.50. The van der Waals surface area contributed by atoms with Gasteiger partial charge in [0.2, 0.25) is 0 Å². The first kappa shape index (κ1) is 13.3. The fourth-order valence-corrected chi connectivity index (χ4v) is 2.91. The Morgan fingerprint density at radius 3 is 3.00 bits per heavy atom. The molecule has 0 unspecified atom stereocenters. The number of halogens is 1. The van der Waals surface area contributed by atoms with E-state index in [9.17, 15) is 4.39 Å². The lowest BCUT2D eigenvalue weighted by molar-refractivity contribution is 0.450. The van der Waals surface area contributed by atoms with Gasteiger partial charge < -0.3 is 10.3 Å². The highest BCUT2D eigenvalue weighted by Gasteiger charge is 2.20. The fourth-order valence-electron chi connectivity index (χ4n) is 2.91. The first-order valence-corrected chi connectivity index (χ1v) is 7.17. The molecule has 0 saturated heterocycles. The summed E-state index contributed by atoms with van der Waals surface area (Å²) in [4.78, 5) is 7.75. The Kier molecular flexibility index (Phi) is 3.57. The van der Waals surface area contributed by atoms with Gasteiger partial charge in [-0.1, -0.05) is 6.07 Å². The van der Waals surface area contributed by atoms with Crippen molar-refractivity contribution in [1.29, 1.82) is 0 Å². The van der Waals surface area contributed by atoms with Crippen molar-refractivity contribution in [2.75, 3.05) is 0 Å². The number of H-pyrrole nitrogens is 1. The highest BCUT2D eigenvalue weighted by molar-refractivity contribution is 5.32. The smallest absolute Gasteiger partial charge is 0.123 e. The van der Waals surface area contributed by atoms with E-state index in [1.807, 2.05) is 19.9 Å². The second-order valence-electron chi connectivity index (χ2n) is 5.56. The summed E-state index contributed by atoms with van der Waals surface area (Å²) in [6.07, 6.45) is 3.24. The largest absolute Gasteiger partial charge is 0.345 e. The van der Waals surface area contributed by atoms with Crippen LogP contribution in [0.5, 0.6) is 0 Å². The Morgan fingerprint density at radius 2 is 2.25 bits per heavy atom. The lowest BCUT2D eigenvalue weighted by Crippen LogP contribution is -2.25. The Hall–Kier alpha value is -1.68. The van der Waals surface area contributed by atoms with E-state index >= 15 is 0 Å². The Bertz CT molecular complexity index is 599. The summed E-state index contributed by atoms with van der Waals surface area (Å²) in [6, 6.07) is 5.37. The zero-order chi connectivity index (χ0) is 14.1. The van der Waals surface area contributed by atoms with Crippen LogP contribution >= 0.6 is 0 Å². The molecule has 0 spiro atoms. The summed E-state index contributed by atoms with van der Waals surface area (Å²) in [5.74, 6) is 0.797. The Morgan fingerprint density at radius 1 is 1.40 bits per heavy atom. The number of imidazole rings is 1.